The highest BCUT2D eigenvalue weighted by atomic mass is 16.2. The Morgan fingerprint density at radius 2 is 1.83 bits per heavy atom. The van der Waals surface area contributed by atoms with E-state index >= 15 is 0 Å². The van der Waals surface area contributed by atoms with Gasteiger partial charge in [-0.1, -0.05) is 0 Å². The van der Waals surface area contributed by atoms with Crippen molar-refractivity contribution < 1.29 is 9.59 Å². The molecule has 1 N–H and O–H groups in total. The van der Waals surface area contributed by atoms with Gasteiger partial charge in [0.15, 0.2) is 0 Å². The quantitative estimate of drug-likeness (QED) is 0.909. The summed E-state index contributed by atoms with van der Waals surface area (Å²) in [5, 5.41) is 11.6. The molecule has 0 bridgehead atoms. The molecule has 116 valence electrons. The lowest BCUT2D eigenvalue weighted by molar-refractivity contribution is -0.123. The van der Waals surface area contributed by atoms with Crippen LogP contribution in [0.1, 0.15) is 18.1 Å². The van der Waals surface area contributed by atoms with Crippen LogP contribution in [0.3, 0.4) is 0 Å². The monoisotopic (exact) mass is 308 g/mol. The molecule has 2 rings (SSSR count). The molecule has 2 aromatic rings. The van der Waals surface area contributed by atoms with Crippen LogP contribution in [0.25, 0.3) is 0 Å². The Bertz CT molecular complexity index is 721. The Balaban J connectivity index is 1.99. The van der Waals surface area contributed by atoms with Crippen molar-refractivity contribution in [3.8, 4) is 6.07 Å². The number of hydrogen-bond acceptors (Lipinski definition) is 4. The predicted octanol–water partition coefficient (Wildman–Crippen LogP) is 1.62. The molecule has 1 aromatic carbocycles. The number of pyridine rings is 1. The summed E-state index contributed by atoms with van der Waals surface area (Å²) in [6.45, 7) is 1.70. The number of benzene rings is 1. The van der Waals surface area contributed by atoms with Crippen LogP contribution in [-0.2, 0) is 16.1 Å². The van der Waals surface area contributed by atoms with Crippen LogP contribution in [0, 0.1) is 11.3 Å². The molecule has 0 unspecified atom stereocenters. The molecule has 0 fully saturated rings. The first-order chi connectivity index (χ1) is 11.1. The maximum absolute atomic E-state index is 12.1. The zero-order valence-corrected chi connectivity index (χ0v) is 12.7. The first-order valence-electron chi connectivity index (χ1n) is 7.04. The van der Waals surface area contributed by atoms with Gasteiger partial charge in [0.2, 0.25) is 11.8 Å². The van der Waals surface area contributed by atoms with E-state index in [0.717, 1.165) is 5.56 Å². The summed E-state index contributed by atoms with van der Waals surface area (Å²) >= 11 is 0. The number of nitrogens with one attached hydrogen (secondary N) is 1. The zero-order valence-electron chi connectivity index (χ0n) is 12.7. The summed E-state index contributed by atoms with van der Waals surface area (Å²) < 4.78 is 0. The Morgan fingerprint density at radius 3 is 2.39 bits per heavy atom. The molecule has 0 aliphatic carbocycles. The summed E-state index contributed by atoms with van der Waals surface area (Å²) in [6.07, 6.45) is 3.31. The highest BCUT2D eigenvalue weighted by Crippen LogP contribution is 2.15. The van der Waals surface area contributed by atoms with E-state index in [-0.39, 0.29) is 18.4 Å². The first kappa shape index (κ1) is 16.2. The van der Waals surface area contributed by atoms with Gasteiger partial charge in [-0.25, -0.2) is 0 Å². The fourth-order valence-corrected chi connectivity index (χ4v) is 2.00. The van der Waals surface area contributed by atoms with Gasteiger partial charge >= 0.3 is 0 Å². The summed E-state index contributed by atoms with van der Waals surface area (Å²) in [5.74, 6) is -0.504. The average molecular weight is 308 g/mol. The number of nitriles is 1. The van der Waals surface area contributed by atoms with Crippen molar-refractivity contribution in [3.63, 3.8) is 0 Å². The number of amides is 2. The van der Waals surface area contributed by atoms with Gasteiger partial charge in [0.25, 0.3) is 0 Å². The molecule has 6 nitrogen and oxygen atoms in total. The Hall–Kier alpha value is -3.20. The van der Waals surface area contributed by atoms with E-state index in [9.17, 15) is 9.59 Å². The molecular weight excluding hydrogens is 292 g/mol. The third kappa shape index (κ3) is 4.64. The maximum atomic E-state index is 12.1. The Labute approximate surface area is 134 Å². The molecule has 0 saturated carbocycles. The largest absolute Gasteiger partial charge is 0.350 e. The molecule has 0 atom stereocenters. The zero-order chi connectivity index (χ0) is 16.7. The van der Waals surface area contributed by atoms with Crippen LogP contribution in [0.4, 0.5) is 5.69 Å². The molecule has 0 saturated heterocycles. The molecule has 1 aromatic heterocycles. The summed E-state index contributed by atoms with van der Waals surface area (Å²) in [7, 11) is 0. The number of aromatic nitrogens is 1. The molecule has 0 aliphatic rings. The lowest BCUT2D eigenvalue weighted by Crippen LogP contribution is -2.39. The second-order valence-corrected chi connectivity index (χ2v) is 4.90. The van der Waals surface area contributed by atoms with Crippen LogP contribution < -0.4 is 10.2 Å². The normalized spacial score (nSPS) is 9.74. The van der Waals surface area contributed by atoms with E-state index in [0.29, 0.717) is 17.8 Å². The van der Waals surface area contributed by atoms with E-state index in [4.69, 9.17) is 5.26 Å². The third-order valence-electron chi connectivity index (χ3n) is 3.23. The minimum absolute atomic E-state index is 0.0771. The number of hydrogen-bond donors (Lipinski definition) is 1. The number of nitrogens with zero attached hydrogens (tertiary/aromatic N) is 3. The van der Waals surface area contributed by atoms with E-state index in [1.165, 1.54) is 11.8 Å². The van der Waals surface area contributed by atoms with Crippen LogP contribution in [0.5, 0.6) is 0 Å². The van der Waals surface area contributed by atoms with E-state index < -0.39 is 0 Å². The molecule has 1 heterocycles. The number of carbonyl (C=O) groups excluding carboxylic acids is 2. The van der Waals surface area contributed by atoms with Gasteiger partial charge in [-0.05, 0) is 42.0 Å². The van der Waals surface area contributed by atoms with Crippen molar-refractivity contribution in [2.75, 3.05) is 11.4 Å². The van der Waals surface area contributed by atoms with Crippen molar-refractivity contribution in [1.82, 2.24) is 10.3 Å². The van der Waals surface area contributed by atoms with E-state index in [2.05, 4.69) is 10.3 Å². The van der Waals surface area contributed by atoms with Gasteiger partial charge in [0.05, 0.1) is 11.6 Å². The van der Waals surface area contributed by atoms with Crippen LogP contribution in [0.2, 0.25) is 0 Å². The molecule has 0 radical (unpaired) electrons. The van der Waals surface area contributed by atoms with Crippen LogP contribution in [0.15, 0.2) is 48.8 Å². The summed E-state index contributed by atoms with van der Waals surface area (Å²) in [6, 6.07) is 12.2. The first-order valence-corrected chi connectivity index (χ1v) is 7.04. The lowest BCUT2D eigenvalue weighted by atomic mass is 10.2. The van der Waals surface area contributed by atoms with Gasteiger partial charge in [-0.3, -0.25) is 14.6 Å². The fraction of sp³-hybridized carbons (Fsp3) is 0.176. The third-order valence-corrected chi connectivity index (χ3v) is 3.23. The van der Waals surface area contributed by atoms with Gasteiger partial charge < -0.3 is 10.2 Å². The highest BCUT2D eigenvalue weighted by molar-refractivity contribution is 5.97. The van der Waals surface area contributed by atoms with Crippen molar-refractivity contribution in [2.24, 2.45) is 0 Å². The minimum atomic E-state index is -0.263. The summed E-state index contributed by atoms with van der Waals surface area (Å²) in [4.78, 5) is 29.1. The van der Waals surface area contributed by atoms with Gasteiger partial charge in [0.1, 0.15) is 6.54 Å². The number of anilines is 1. The Morgan fingerprint density at radius 1 is 1.17 bits per heavy atom. The maximum Gasteiger partial charge on any atom is 0.240 e. The minimum Gasteiger partial charge on any atom is -0.350 e. The predicted molar refractivity (Wildman–Crippen MR) is 85.3 cm³/mol. The fourth-order valence-electron chi connectivity index (χ4n) is 2.00. The van der Waals surface area contributed by atoms with Gasteiger partial charge in [0, 0.05) is 31.5 Å². The highest BCUT2D eigenvalue weighted by Gasteiger charge is 2.15. The molecule has 0 spiro atoms. The SMILES string of the molecule is CC(=O)N(CC(=O)NCc1ccncc1)c1ccc(C#N)cc1. The number of carbonyl (C=O) groups is 2. The summed E-state index contributed by atoms with van der Waals surface area (Å²) in [5.41, 5.74) is 2.01. The van der Waals surface area contributed by atoms with Crippen molar-refractivity contribution >= 4 is 17.5 Å². The average Bonchev–Trinajstić information content (AvgIpc) is 2.58. The van der Waals surface area contributed by atoms with Crippen LogP contribution >= 0.6 is 0 Å². The van der Waals surface area contributed by atoms with Gasteiger partial charge in [-0.15, -0.1) is 0 Å². The van der Waals surface area contributed by atoms with Crippen molar-refractivity contribution in [1.29, 1.82) is 5.26 Å². The molecular formula is C17H16N4O2. The molecule has 0 aliphatic heterocycles. The van der Waals surface area contributed by atoms with Crippen LogP contribution in [-0.4, -0.2) is 23.3 Å². The Kier molecular flexibility index (Phi) is 5.42. The van der Waals surface area contributed by atoms with E-state index in [1.54, 1.807) is 36.7 Å². The smallest absolute Gasteiger partial charge is 0.240 e. The second kappa shape index (κ2) is 7.71. The second-order valence-electron chi connectivity index (χ2n) is 4.90. The van der Waals surface area contributed by atoms with Gasteiger partial charge in [-0.2, -0.15) is 5.26 Å². The van der Waals surface area contributed by atoms with Crippen molar-refractivity contribution in [3.05, 3.63) is 59.9 Å². The number of rotatable bonds is 5. The molecule has 6 heteroatoms. The van der Waals surface area contributed by atoms with Crippen molar-refractivity contribution in [2.45, 2.75) is 13.5 Å². The molecule has 2 amide bonds. The van der Waals surface area contributed by atoms with E-state index in [1.807, 2.05) is 18.2 Å². The lowest BCUT2D eigenvalue weighted by Gasteiger charge is -2.20. The standard InChI is InChI=1S/C17H16N4O2/c1-13(22)21(16-4-2-14(10-18)3-5-16)12-17(23)20-11-15-6-8-19-9-7-15/h2-9H,11-12H2,1H3,(H,20,23). The topological polar surface area (TPSA) is 86.1 Å². The molecule has 23 heavy (non-hydrogen) atoms.